The second kappa shape index (κ2) is 58.1. The van der Waals surface area contributed by atoms with Gasteiger partial charge in [0, 0.05) is 153 Å². The second-order valence-electron chi connectivity index (χ2n) is 30.7. The SMILES string of the molecule is CCCC1C[C@@H](O)CN1C(=O)CCCCCCCCCCC(=O)CC(COCCC(=O)NCCCNC(=O)CCCCOC1OC(CO)C(O)C(O)C1C)(COCCC(=O)NCCCNC(=O)CCCCOC1OC(CO)C(O)C(O)C1C)COCCC(=O)NCCCNC(=O)CCCCOC1OC(CO)C(O)C(O)C1C. The van der Waals surface area contributed by atoms with Gasteiger partial charge in [0.15, 0.2) is 18.9 Å². The zero-order valence-electron chi connectivity index (χ0n) is 67.1. The van der Waals surface area contributed by atoms with Crippen molar-refractivity contribution in [3.05, 3.63) is 0 Å². The number of unbranched alkanes of at least 4 members (excludes halogenated alkanes) is 10. The van der Waals surface area contributed by atoms with Crippen molar-refractivity contribution in [3.63, 3.8) is 0 Å². The van der Waals surface area contributed by atoms with Gasteiger partial charge >= 0.3 is 0 Å². The minimum atomic E-state index is -1.23. The molecule has 0 bridgehead atoms. The molecule has 7 amide bonds. The van der Waals surface area contributed by atoms with Gasteiger partial charge in [-0.25, -0.2) is 0 Å². The van der Waals surface area contributed by atoms with Gasteiger partial charge in [-0.1, -0.05) is 72.6 Å². The number of ether oxygens (including phenoxy) is 9. The van der Waals surface area contributed by atoms with Crippen molar-refractivity contribution in [2.75, 3.05) is 125 Å². The fourth-order valence-corrected chi connectivity index (χ4v) is 13.9. The van der Waals surface area contributed by atoms with Gasteiger partial charge in [-0.2, -0.15) is 0 Å². The highest BCUT2D eigenvalue weighted by molar-refractivity contribution is 5.80. The Labute approximate surface area is 661 Å². The van der Waals surface area contributed by atoms with E-state index in [0.717, 1.165) is 57.8 Å². The minimum Gasteiger partial charge on any atom is -0.394 e. The molecule has 4 rings (SSSR count). The number of nitrogens with zero attached hydrogens (tertiary/aromatic N) is 1. The molecule has 34 nitrogen and oxygen atoms in total. The highest BCUT2D eigenvalue weighted by atomic mass is 16.7. The average Bonchev–Trinajstić information content (AvgIpc) is 1.18. The van der Waals surface area contributed by atoms with E-state index < -0.39 is 123 Å². The van der Waals surface area contributed by atoms with Crippen LogP contribution in [0.2, 0.25) is 0 Å². The topological polar surface area (TPSA) is 497 Å². The van der Waals surface area contributed by atoms with E-state index in [1.165, 1.54) is 0 Å². The van der Waals surface area contributed by atoms with Gasteiger partial charge in [0.2, 0.25) is 41.4 Å². The van der Waals surface area contributed by atoms with Gasteiger partial charge in [0.05, 0.1) is 83.9 Å². The van der Waals surface area contributed by atoms with Crippen molar-refractivity contribution in [2.45, 2.75) is 300 Å². The number of nitrogens with one attached hydrogen (secondary N) is 6. The van der Waals surface area contributed by atoms with Crippen molar-refractivity contribution in [2.24, 2.45) is 23.2 Å². The molecule has 0 saturated carbocycles. The molecule has 4 aliphatic heterocycles. The molecule has 0 aromatic heterocycles. The van der Waals surface area contributed by atoms with Crippen LogP contribution < -0.4 is 31.9 Å². The second-order valence-corrected chi connectivity index (χ2v) is 30.7. The number of aliphatic hydroxyl groups excluding tert-OH is 10. The molecule has 4 fully saturated rings. The van der Waals surface area contributed by atoms with Crippen LogP contribution >= 0.6 is 0 Å². The molecular formula is C78H141N7O27. The summed E-state index contributed by atoms with van der Waals surface area (Å²) in [6, 6.07) is 0.112. The lowest BCUT2D eigenvalue weighted by Gasteiger charge is -2.40. The number of hydrogen-bond acceptors (Lipinski definition) is 27. The van der Waals surface area contributed by atoms with Gasteiger partial charge in [-0.15, -0.1) is 0 Å². The predicted molar refractivity (Wildman–Crippen MR) is 408 cm³/mol. The van der Waals surface area contributed by atoms with Gasteiger partial charge in [0.1, 0.15) is 42.4 Å². The van der Waals surface area contributed by atoms with Gasteiger partial charge in [-0.05, 0) is 83.5 Å². The number of hydrogen-bond donors (Lipinski definition) is 16. The monoisotopic (exact) mass is 1610 g/mol. The third kappa shape index (κ3) is 39.4. The summed E-state index contributed by atoms with van der Waals surface area (Å²) in [6.45, 7) is 8.10. The first-order valence-electron chi connectivity index (χ1n) is 41.4. The third-order valence-corrected chi connectivity index (χ3v) is 20.9. The number of likely N-dealkylation sites (tertiary alicyclic amines) is 1. The first-order valence-corrected chi connectivity index (χ1v) is 41.4. The Balaban J connectivity index is 1.27. The van der Waals surface area contributed by atoms with Crippen molar-refractivity contribution >= 4 is 47.1 Å². The highest BCUT2D eigenvalue weighted by Crippen LogP contribution is 2.32. The first-order chi connectivity index (χ1) is 53.9. The molecule has 0 spiro atoms. The maximum absolute atomic E-state index is 14.1. The summed E-state index contributed by atoms with van der Waals surface area (Å²) < 4.78 is 52.6. The summed E-state index contributed by atoms with van der Waals surface area (Å²) >= 11 is 0. The molecule has 34 heteroatoms. The van der Waals surface area contributed by atoms with Gasteiger partial charge in [0.25, 0.3) is 0 Å². The van der Waals surface area contributed by atoms with Gasteiger partial charge in [-0.3, -0.25) is 38.4 Å². The normalized spacial score (nSPS) is 26.4. The van der Waals surface area contributed by atoms with E-state index in [2.05, 4.69) is 38.8 Å². The number of amides is 7. The largest absolute Gasteiger partial charge is 0.394 e. The Morgan fingerprint density at radius 1 is 0.384 bits per heavy atom. The van der Waals surface area contributed by atoms with Crippen LogP contribution in [0.15, 0.2) is 0 Å². The molecule has 4 saturated heterocycles. The number of carbonyl (C=O) groups is 8. The fraction of sp³-hybridized carbons (Fsp3) is 0.897. The molecule has 4 aliphatic rings. The molecule has 16 unspecified atom stereocenters. The molecule has 16 N–H and O–H groups in total. The van der Waals surface area contributed by atoms with Gasteiger partial charge < -0.3 is 130 Å². The Hall–Kier alpha value is -4.80. The third-order valence-electron chi connectivity index (χ3n) is 20.9. The Morgan fingerprint density at radius 3 is 1.01 bits per heavy atom. The number of aliphatic hydroxyl groups is 10. The van der Waals surface area contributed by atoms with Crippen LogP contribution in [0.3, 0.4) is 0 Å². The summed E-state index contributed by atoms with van der Waals surface area (Å²) in [5.74, 6) is -3.03. The van der Waals surface area contributed by atoms with E-state index in [9.17, 15) is 89.4 Å². The van der Waals surface area contributed by atoms with Crippen LogP contribution in [0.1, 0.15) is 214 Å². The number of rotatable bonds is 63. The van der Waals surface area contributed by atoms with E-state index in [1.54, 1.807) is 20.8 Å². The summed E-state index contributed by atoms with van der Waals surface area (Å²) in [4.78, 5) is 106. The molecule has 650 valence electrons. The van der Waals surface area contributed by atoms with Crippen molar-refractivity contribution < 1.29 is 132 Å². The fourth-order valence-electron chi connectivity index (χ4n) is 13.9. The molecule has 0 aromatic rings. The van der Waals surface area contributed by atoms with Crippen LogP contribution in [0, 0.1) is 23.2 Å². The maximum Gasteiger partial charge on any atom is 0.222 e. The Bertz CT molecular complexity index is 2410. The number of carbonyl (C=O) groups excluding carboxylic acids is 8. The quantitative estimate of drug-likeness (QED) is 0.0368. The number of β-amino-alcohol motifs (C(OH)–C–C–N with tert-alkyl or cyclic N) is 1. The first kappa shape index (κ1) is 99.6. The zero-order valence-corrected chi connectivity index (χ0v) is 67.1. The van der Waals surface area contributed by atoms with Crippen LogP contribution in [0.25, 0.3) is 0 Å². The van der Waals surface area contributed by atoms with E-state index in [1.807, 2.05) is 4.90 Å². The van der Waals surface area contributed by atoms with Crippen LogP contribution in [-0.4, -0.2) is 314 Å². The molecule has 112 heavy (non-hydrogen) atoms. The molecule has 0 aliphatic carbocycles. The van der Waals surface area contributed by atoms with Crippen molar-refractivity contribution in [3.8, 4) is 0 Å². The van der Waals surface area contributed by atoms with Crippen LogP contribution in [0.4, 0.5) is 0 Å². The minimum absolute atomic E-state index is 0.0425. The molecule has 4 heterocycles. The maximum atomic E-state index is 14.1. The lowest BCUT2D eigenvalue weighted by Crippen LogP contribution is -2.55. The summed E-state index contributed by atoms with van der Waals surface area (Å²) in [7, 11) is 0. The van der Waals surface area contributed by atoms with Crippen molar-refractivity contribution in [1.29, 1.82) is 0 Å². The standard InChI is InChI=1S/C78H141N7O27/c1-5-23-56-44-58(90)46-85(56)68(97)28-13-11-9-7-6-8-10-12-24-57(89)45-78(50-104-41-29-65(94)82-35-20-32-79-62(91)25-14-17-38-107-75-53(2)69(98)72(101)59(47-86)110-75,51-105-42-30-66(95)83-36-21-33-80-63(92)26-15-18-39-108-76-54(3)70(99)73(102)60(48-87)111-76)52-106-43-31-67(96)84-37-22-34-81-64(93)27-16-19-40-109-77-55(4)71(100)74(103)61(49-88)112-77/h53-56,58-61,69-77,86-88,90,98-103H,5-52H2,1-4H3,(H,79,91)(H,80,92)(H,81,93)(H,82,94)(H,83,95)(H,84,96)/t53?,54?,55?,56?,58-,59?,60?,61?,69?,70?,71?,72?,73?,74?,75?,76?,77?,78?/m1/s1. The van der Waals surface area contributed by atoms with E-state index in [4.69, 9.17) is 42.6 Å². The number of ketones is 1. The summed E-state index contributed by atoms with van der Waals surface area (Å²) in [5.41, 5.74) is -1.13. The lowest BCUT2D eigenvalue weighted by molar-refractivity contribution is -0.282. The molecular weight excluding hydrogens is 1470 g/mol. The lowest BCUT2D eigenvalue weighted by atomic mass is 9.84. The predicted octanol–water partition coefficient (Wildman–Crippen LogP) is 0.468. The Morgan fingerprint density at radius 2 is 0.688 bits per heavy atom. The average molecular weight is 1610 g/mol. The van der Waals surface area contributed by atoms with E-state index >= 15 is 0 Å². The van der Waals surface area contributed by atoms with E-state index in [-0.39, 0.29) is 184 Å². The summed E-state index contributed by atoms with van der Waals surface area (Å²) in [5, 5.41) is 117. The summed E-state index contributed by atoms with van der Waals surface area (Å²) in [6.07, 6.45) is 2.27. The highest BCUT2D eigenvalue weighted by Gasteiger charge is 2.45. The molecule has 0 aromatic carbocycles. The van der Waals surface area contributed by atoms with Crippen LogP contribution in [-0.2, 0) is 81.0 Å². The van der Waals surface area contributed by atoms with E-state index in [0.29, 0.717) is 103 Å². The van der Waals surface area contributed by atoms with Crippen LogP contribution in [0.5, 0.6) is 0 Å². The number of Topliss-reactive ketones (excluding diaryl/α,β-unsaturated/α-hetero) is 1. The zero-order chi connectivity index (χ0) is 82.1. The smallest absolute Gasteiger partial charge is 0.222 e. The Kier molecular flexibility index (Phi) is 51.7. The molecule has 0 radical (unpaired) electrons. The van der Waals surface area contributed by atoms with Crippen molar-refractivity contribution in [1.82, 2.24) is 36.8 Å². The molecule has 17 atom stereocenters.